The first kappa shape index (κ1) is 20.5. The van der Waals surface area contributed by atoms with Crippen LogP contribution >= 0.6 is 0 Å². The van der Waals surface area contributed by atoms with Gasteiger partial charge in [-0.2, -0.15) is 0 Å². The molecule has 1 rings (SSSR count). The second-order valence-electron chi connectivity index (χ2n) is 7.78. The van der Waals surface area contributed by atoms with Crippen LogP contribution in [-0.2, 0) is 14.4 Å². The summed E-state index contributed by atoms with van der Waals surface area (Å²) >= 11 is 0. The zero-order valence-corrected chi connectivity index (χ0v) is 15.6. The predicted molar refractivity (Wildman–Crippen MR) is 94.1 cm³/mol. The van der Waals surface area contributed by atoms with Crippen molar-refractivity contribution < 1.29 is 14.4 Å². The zero-order valence-electron chi connectivity index (χ0n) is 15.6. The van der Waals surface area contributed by atoms with Gasteiger partial charge in [0.05, 0.1) is 0 Å². The summed E-state index contributed by atoms with van der Waals surface area (Å²) in [6.07, 6.45) is 4.91. The van der Waals surface area contributed by atoms with Gasteiger partial charge < -0.3 is 16.0 Å². The van der Waals surface area contributed by atoms with Crippen molar-refractivity contribution in [2.24, 2.45) is 11.1 Å². The number of likely N-dealkylation sites (tertiary alicyclic amines) is 1. The van der Waals surface area contributed by atoms with E-state index in [1.165, 1.54) is 0 Å². The molecule has 0 aliphatic carbocycles. The summed E-state index contributed by atoms with van der Waals surface area (Å²) in [5.74, 6) is -0.425. The Labute approximate surface area is 145 Å². The number of carbonyl (C=O) groups is 3. The topological polar surface area (TPSA) is 92.5 Å². The van der Waals surface area contributed by atoms with E-state index in [4.69, 9.17) is 5.73 Å². The molecule has 138 valence electrons. The van der Waals surface area contributed by atoms with Crippen LogP contribution in [0.3, 0.4) is 0 Å². The normalized spacial score (nSPS) is 20.7. The second kappa shape index (κ2) is 9.04. The summed E-state index contributed by atoms with van der Waals surface area (Å²) in [6, 6.07) is -0.545. The largest absolute Gasteiger partial charge is 0.370 e. The number of carbonyl (C=O) groups excluding carboxylic acids is 3. The maximum absolute atomic E-state index is 12.6. The molecule has 1 saturated heterocycles. The minimum absolute atomic E-state index is 0.0567. The molecule has 0 aromatic heterocycles. The van der Waals surface area contributed by atoms with Crippen molar-refractivity contribution in [1.29, 1.82) is 0 Å². The fourth-order valence-electron chi connectivity index (χ4n) is 3.21. The van der Waals surface area contributed by atoms with Crippen molar-refractivity contribution in [2.45, 2.75) is 84.7 Å². The molecule has 0 saturated carbocycles. The van der Waals surface area contributed by atoms with E-state index in [9.17, 15) is 14.4 Å². The Balaban J connectivity index is 2.65. The molecule has 0 bridgehead atoms. The number of amides is 3. The lowest BCUT2D eigenvalue weighted by molar-refractivity contribution is -0.138. The molecule has 0 aromatic rings. The SMILES string of the molecule is CCCCCC(=O)N1CC(C)(C)CC1C(=O)NC(C)CCC(N)=O. The van der Waals surface area contributed by atoms with E-state index in [1.807, 2.05) is 6.92 Å². The molecule has 0 radical (unpaired) electrons. The number of nitrogens with one attached hydrogen (secondary N) is 1. The van der Waals surface area contributed by atoms with Crippen LogP contribution in [0.5, 0.6) is 0 Å². The van der Waals surface area contributed by atoms with Gasteiger partial charge in [0.1, 0.15) is 6.04 Å². The first-order valence-electron chi connectivity index (χ1n) is 9.04. The highest BCUT2D eigenvalue weighted by Crippen LogP contribution is 2.34. The van der Waals surface area contributed by atoms with Crippen LogP contribution in [0.4, 0.5) is 0 Å². The van der Waals surface area contributed by atoms with Crippen molar-refractivity contribution in [3.8, 4) is 0 Å². The third-order valence-corrected chi connectivity index (χ3v) is 4.55. The Hall–Kier alpha value is -1.59. The van der Waals surface area contributed by atoms with Gasteiger partial charge in [-0.15, -0.1) is 0 Å². The maximum Gasteiger partial charge on any atom is 0.243 e. The summed E-state index contributed by atoms with van der Waals surface area (Å²) in [5, 5.41) is 2.93. The second-order valence-corrected chi connectivity index (χ2v) is 7.78. The van der Waals surface area contributed by atoms with Crippen LogP contribution in [0.25, 0.3) is 0 Å². The minimum atomic E-state index is -0.412. The first-order chi connectivity index (χ1) is 11.2. The molecule has 3 N–H and O–H groups in total. The Morgan fingerprint density at radius 3 is 2.50 bits per heavy atom. The zero-order chi connectivity index (χ0) is 18.3. The monoisotopic (exact) mass is 339 g/mol. The van der Waals surface area contributed by atoms with Gasteiger partial charge in [0.15, 0.2) is 0 Å². The molecule has 6 heteroatoms. The molecule has 24 heavy (non-hydrogen) atoms. The molecule has 1 heterocycles. The minimum Gasteiger partial charge on any atom is -0.370 e. The van der Waals surface area contributed by atoms with E-state index in [2.05, 4.69) is 26.1 Å². The number of hydrogen-bond donors (Lipinski definition) is 2. The van der Waals surface area contributed by atoms with Gasteiger partial charge in [0.25, 0.3) is 0 Å². The average molecular weight is 339 g/mol. The summed E-state index contributed by atoms with van der Waals surface area (Å²) in [6.45, 7) is 8.75. The third kappa shape index (κ3) is 6.49. The van der Waals surface area contributed by atoms with Crippen LogP contribution < -0.4 is 11.1 Å². The molecule has 6 nitrogen and oxygen atoms in total. The first-order valence-corrected chi connectivity index (χ1v) is 9.04. The van der Waals surface area contributed by atoms with Crippen molar-refractivity contribution in [2.75, 3.05) is 6.54 Å². The number of nitrogens with two attached hydrogens (primary N) is 1. The molecule has 1 aliphatic heterocycles. The predicted octanol–water partition coefficient (Wildman–Crippen LogP) is 1.96. The smallest absolute Gasteiger partial charge is 0.243 e. The van der Waals surface area contributed by atoms with Crippen LogP contribution in [-0.4, -0.2) is 41.2 Å². The van der Waals surface area contributed by atoms with E-state index in [0.29, 0.717) is 25.8 Å². The van der Waals surface area contributed by atoms with Crippen LogP contribution in [0.2, 0.25) is 0 Å². The molecule has 0 spiro atoms. The van der Waals surface area contributed by atoms with Gasteiger partial charge in [-0.05, 0) is 31.6 Å². The van der Waals surface area contributed by atoms with Crippen molar-refractivity contribution in [3.05, 3.63) is 0 Å². The van der Waals surface area contributed by atoms with Crippen molar-refractivity contribution in [3.63, 3.8) is 0 Å². The molecule has 0 aromatic carbocycles. The quantitative estimate of drug-likeness (QED) is 0.629. The summed E-state index contributed by atoms with van der Waals surface area (Å²) in [4.78, 5) is 37.7. The number of unbranched alkanes of at least 4 members (excludes halogenated alkanes) is 2. The number of nitrogens with zero attached hydrogens (tertiary/aromatic N) is 1. The maximum atomic E-state index is 12.6. The van der Waals surface area contributed by atoms with E-state index in [1.54, 1.807) is 4.90 Å². The molecule has 2 atom stereocenters. The summed E-state index contributed by atoms with van der Waals surface area (Å²) < 4.78 is 0. The standard InChI is InChI=1S/C18H33N3O3/c1-5-6-7-8-16(23)21-12-18(3,4)11-14(21)17(24)20-13(2)9-10-15(19)22/h13-14H,5-12H2,1-4H3,(H2,19,22)(H,20,24). The Bertz CT molecular complexity index is 462. The highest BCUT2D eigenvalue weighted by molar-refractivity contribution is 5.88. The molecule has 1 aliphatic rings. The lowest BCUT2D eigenvalue weighted by Gasteiger charge is -2.25. The Morgan fingerprint density at radius 1 is 1.25 bits per heavy atom. The molecular formula is C18H33N3O3. The van der Waals surface area contributed by atoms with Gasteiger partial charge in [-0.25, -0.2) is 0 Å². The van der Waals surface area contributed by atoms with Gasteiger partial charge in [-0.3, -0.25) is 14.4 Å². The van der Waals surface area contributed by atoms with E-state index in [-0.39, 0.29) is 35.6 Å². The third-order valence-electron chi connectivity index (χ3n) is 4.55. The van der Waals surface area contributed by atoms with Crippen LogP contribution in [0.15, 0.2) is 0 Å². The molecule has 2 unspecified atom stereocenters. The molecule has 1 fully saturated rings. The highest BCUT2D eigenvalue weighted by atomic mass is 16.2. The number of rotatable bonds is 9. The molecular weight excluding hydrogens is 306 g/mol. The Kier molecular flexibility index (Phi) is 7.70. The number of hydrogen-bond acceptors (Lipinski definition) is 3. The van der Waals surface area contributed by atoms with Gasteiger partial charge in [-0.1, -0.05) is 33.6 Å². The van der Waals surface area contributed by atoms with Crippen LogP contribution in [0.1, 0.15) is 72.6 Å². The van der Waals surface area contributed by atoms with Gasteiger partial charge in [0, 0.05) is 25.4 Å². The van der Waals surface area contributed by atoms with Gasteiger partial charge in [0.2, 0.25) is 17.7 Å². The lowest BCUT2D eigenvalue weighted by atomic mass is 9.90. The van der Waals surface area contributed by atoms with E-state index >= 15 is 0 Å². The van der Waals surface area contributed by atoms with E-state index < -0.39 is 6.04 Å². The Morgan fingerprint density at radius 2 is 1.92 bits per heavy atom. The van der Waals surface area contributed by atoms with Crippen molar-refractivity contribution in [1.82, 2.24) is 10.2 Å². The fourth-order valence-corrected chi connectivity index (χ4v) is 3.21. The average Bonchev–Trinajstić information content (AvgIpc) is 2.81. The van der Waals surface area contributed by atoms with E-state index in [0.717, 1.165) is 19.3 Å². The summed E-state index contributed by atoms with van der Waals surface area (Å²) in [7, 11) is 0. The molecule has 3 amide bonds. The van der Waals surface area contributed by atoms with Crippen molar-refractivity contribution >= 4 is 17.7 Å². The summed E-state index contributed by atoms with van der Waals surface area (Å²) in [5.41, 5.74) is 5.09. The highest BCUT2D eigenvalue weighted by Gasteiger charge is 2.43. The van der Waals surface area contributed by atoms with Crippen LogP contribution in [0, 0.1) is 5.41 Å². The fraction of sp³-hybridized carbons (Fsp3) is 0.833. The van der Waals surface area contributed by atoms with Gasteiger partial charge >= 0.3 is 0 Å². The number of primary amides is 1. The lowest BCUT2D eigenvalue weighted by Crippen LogP contribution is -2.48.